The molecule has 0 spiro atoms. The van der Waals surface area contributed by atoms with E-state index in [4.69, 9.17) is 14.2 Å². The van der Waals surface area contributed by atoms with E-state index in [1.54, 1.807) is 0 Å². The maximum absolute atomic E-state index is 12.8. The van der Waals surface area contributed by atoms with Gasteiger partial charge in [0.15, 0.2) is 6.10 Å². The Bertz CT molecular complexity index is 918. The zero-order valence-corrected chi connectivity index (χ0v) is 41.6. The maximum atomic E-state index is 12.8. The first-order chi connectivity index (χ1) is 29.9. The summed E-state index contributed by atoms with van der Waals surface area (Å²) in [5, 5.41) is 0. The van der Waals surface area contributed by atoms with Crippen molar-refractivity contribution in [3.05, 3.63) is 0 Å². The highest BCUT2D eigenvalue weighted by atomic mass is 16.6. The van der Waals surface area contributed by atoms with E-state index in [9.17, 15) is 14.4 Å². The van der Waals surface area contributed by atoms with E-state index in [1.807, 2.05) is 0 Å². The summed E-state index contributed by atoms with van der Waals surface area (Å²) in [7, 11) is 0. The molecule has 0 aromatic carbocycles. The summed E-state index contributed by atoms with van der Waals surface area (Å²) in [5.74, 6) is -0.00827. The fourth-order valence-corrected chi connectivity index (χ4v) is 8.39. The molecule has 0 rings (SSSR count). The minimum atomic E-state index is -0.760. The molecule has 0 amide bonds. The predicted octanol–water partition coefficient (Wildman–Crippen LogP) is 17.8. The molecule has 6 heteroatoms. The van der Waals surface area contributed by atoms with Gasteiger partial charge in [-0.2, -0.15) is 0 Å². The fraction of sp³-hybridized carbons (Fsp3) is 0.945. The number of rotatable bonds is 50. The monoisotopic (exact) mass is 863 g/mol. The molecule has 362 valence electrons. The molecule has 0 unspecified atom stereocenters. The van der Waals surface area contributed by atoms with Crippen molar-refractivity contribution in [3.63, 3.8) is 0 Å². The average molecular weight is 863 g/mol. The number of esters is 3. The molecule has 0 saturated carbocycles. The Labute approximate surface area is 380 Å². The van der Waals surface area contributed by atoms with Gasteiger partial charge in [0.2, 0.25) is 0 Å². The van der Waals surface area contributed by atoms with Crippen molar-refractivity contribution >= 4 is 17.9 Å². The lowest BCUT2D eigenvalue weighted by molar-refractivity contribution is -0.167. The van der Waals surface area contributed by atoms with Gasteiger partial charge in [-0.3, -0.25) is 14.4 Å². The molecule has 61 heavy (non-hydrogen) atoms. The first-order valence-electron chi connectivity index (χ1n) is 27.4. The van der Waals surface area contributed by atoms with Gasteiger partial charge in [-0.25, -0.2) is 0 Å². The third-order valence-corrected chi connectivity index (χ3v) is 12.5. The van der Waals surface area contributed by atoms with Crippen LogP contribution in [0, 0.1) is 5.92 Å². The van der Waals surface area contributed by atoms with E-state index in [2.05, 4.69) is 27.7 Å². The van der Waals surface area contributed by atoms with Crippen LogP contribution in [0.3, 0.4) is 0 Å². The number of carbonyl (C=O) groups is 3. The molecule has 0 aliphatic carbocycles. The van der Waals surface area contributed by atoms with E-state index in [0.717, 1.165) is 63.7 Å². The molecule has 0 aliphatic rings. The summed E-state index contributed by atoms with van der Waals surface area (Å²) in [5.41, 5.74) is 0. The van der Waals surface area contributed by atoms with Crippen molar-refractivity contribution in [2.24, 2.45) is 5.92 Å². The Balaban J connectivity index is 4.23. The first kappa shape index (κ1) is 59.4. The number of unbranched alkanes of at least 4 members (excludes halogenated alkanes) is 37. The van der Waals surface area contributed by atoms with Gasteiger partial charge in [-0.15, -0.1) is 0 Å². The third kappa shape index (κ3) is 49.3. The van der Waals surface area contributed by atoms with Gasteiger partial charge >= 0.3 is 17.9 Å². The van der Waals surface area contributed by atoms with Crippen LogP contribution in [0.2, 0.25) is 0 Å². The molecular formula is C55H106O6. The van der Waals surface area contributed by atoms with Crippen molar-refractivity contribution < 1.29 is 28.6 Å². The molecule has 0 fully saturated rings. The molecule has 0 aliphatic heterocycles. The van der Waals surface area contributed by atoms with Gasteiger partial charge in [0.1, 0.15) is 13.2 Å². The van der Waals surface area contributed by atoms with Gasteiger partial charge < -0.3 is 14.2 Å². The topological polar surface area (TPSA) is 78.9 Å². The van der Waals surface area contributed by atoms with Crippen LogP contribution in [-0.2, 0) is 28.6 Å². The largest absolute Gasteiger partial charge is 0.462 e. The number of hydrogen-bond acceptors (Lipinski definition) is 6. The molecule has 0 aromatic rings. The van der Waals surface area contributed by atoms with Crippen LogP contribution in [0.25, 0.3) is 0 Å². The summed E-state index contributed by atoms with van der Waals surface area (Å²) in [6, 6.07) is 0. The SMILES string of the molecule is CCCCCCCCCCCCCCCCCCCCC(=O)OC[C@@H](COC(=O)CCCCCCCCCCCCCCC(C)C)OC(=O)CCCCCCCCCCCC. The smallest absolute Gasteiger partial charge is 0.306 e. The van der Waals surface area contributed by atoms with Crippen molar-refractivity contribution in [3.8, 4) is 0 Å². The minimum absolute atomic E-state index is 0.0624. The Morgan fingerprint density at radius 2 is 0.541 bits per heavy atom. The van der Waals surface area contributed by atoms with Gasteiger partial charge in [0, 0.05) is 19.3 Å². The summed E-state index contributed by atoms with van der Waals surface area (Å²) < 4.78 is 16.8. The number of hydrogen-bond donors (Lipinski definition) is 0. The van der Waals surface area contributed by atoms with Crippen molar-refractivity contribution in [2.45, 2.75) is 316 Å². The van der Waals surface area contributed by atoms with E-state index < -0.39 is 6.10 Å². The van der Waals surface area contributed by atoms with Crippen molar-refractivity contribution in [1.82, 2.24) is 0 Å². The van der Waals surface area contributed by atoms with Crippen LogP contribution >= 0.6 is 0 Å². The second-order valence-corrected chi connectivity index (χ2v) is 19.3. The second kappa shape index (κ2) is 49.4. The Kier molecular flexibility index (Phi) is 48.1. The van der Waals surface area contributed by atoms with E-state index in [1.165, 1.54) is 205 Å². The summed E-state index contributed by atoms with van der Waals surface area (Å²) in [6.07, 6.45) is 52.4. The normalized spacial score (nSPS) is 12.0. The van der Waals surface area contributed by atoms with E-state index in [0.29, 0.717) is 19.3 Å². The lowest BCUT2D eigenvalue weighted by Gasteiger charge is -2.18. The third-order valence-electron chi connectivity index (χ3n) is 12.5. The summed E-state index contributed by atoms with van der Waals surface area (Å²) >= 11 is 0. The zero-order valence-electron chi connectivity index (χ0n) is 41.6. The molecule has 0 saturated heterocycles. The first-order valence-corrected chi connectivity index (χ1v) is 27.4. The summed E-state index contributed by atoms with van der Waals surface area (Å²) in [4.78, 5) is 38.0. The molecule has 1 atom stereocenters. The average Bonchev–Trinajstić information content (AvgIpc) is 3.24. The van der Waals surface area contributed by atoms with Gasteiger partial charge in [0.05, 0.1) is 0 Å². The quantitative estimate of drug-likeness (QED) is 0.0344. The lowest BCUT2D eigenvalue weighted by Crippen LogP contribution is -2.30. The zero-order chi connectivity index (χ0) is 44.5. The Morgan fingerprint density at radius 3 is 0.803 bits per heavy atom. The highest BCUT2D eigenvalue weighted by Crippen LogP contribution is 2.17. The Morgan fingerprint density at radius 1 is 0.311 bits per heavy atom. The van der Waals surface area contributed by atoms with Crippen LogP contribution in [0.1, 0.15) is 310 Å². The number of carbonyl (C=O) groups excluding carboxylic acids is 3. The molecule has 0 heterocycles. The van der Waals surface area contributed by atoms with Crippen molar-refractivity contribution in [1.29, 1.82) is 0 Å². The molecule has 0 N–H and O–H groups in total. The highest BCUT2D eigenvalue weighted by molar-refractivity contribution is 5.71. The highest BCUT2D eigenvalue weighted by Gasteiger charge is 2.19. The van der Waals surface area contributed by atoms with E-state index >= 15 is 0 Å². The van der Waals surface area contributed by atoms with E-state index in [-0.39, 0.29) is 31.1 Å². The molecule has 0 aromatic heterocycles. The van der Waals surface area contributed by atoms with Crippen LogP contribution in [0.15, 0.2) is 0 Å². The second-order valence-electron chi connectivity index (χ2n) is 19.3. The standard InChI is InChI=1S/C55H106O6/c1-5-7-9-11-13-15-17-18-19-20-21-22-23-27-31-34-38-42-46-53(56)59-49-52(61-55(58)48-44-40-36-30-16-14-12-10-8-6-2)50-60-54(57)47-43-39-35-32-28-25-24-26-29-33-37-41-45-51(3)4/h51-52H,5-50H2,1-4H3/t52-/m0/s1. The fourth-order valence-electron chi connectivity index (χ4n) is 8.39. The van der Waals surface area contributed by atoms with Gasteiger partial charge in [-0.05, 0) is 25.2 Å². The minimum Gasteiger partial charge on any atom is -0.462 e. The van der Waals surface area contributed by atoms with Crippen LogP contribution in [0.4, 0.5) is 0 Å². The molecule has 0 bridgehead atoms. The maximum Gasteiger partial charge on any atom is 0.306 e. The van der Waals surface area contributed by atoms with Crippen LogP contribution in [-0.4, -0.2) is 37.2 Å². The molecule has 6 nitrogen and oxygen atoms in total. The Hall–Kier alpha value is -1.59. The van der Waals surface area contributed by atoms with Crippen LogP contribution in [0.5, 0.6) is 0 Å². The molecular weight excluding hydrogens is 757 g/mol. The van der Waals surface area contributed by atoms with Crippen molar-refractivity contribution in [2.75, 3.05) is 13.2 Å². The summed E-state index contributed by atoms with van der Waals surface area (Å²) in [6.45, 7) is 9.03. The number of ether oxygens (including phenoxy) is 3. The van der Waals surface area contributed by atoms with Gasteiger partial charge in [0.25, 0.3) is 0 Å². The molecule has 0 radical (unpaired) electrons. The van der Waals surface area contributed by atoms with Gasteiger partial charge in [-0.1, -0.05) is 272 Å². The lowest BCUT2D eigenvalue weighted by atomic mass is 10.0. The predicted molar refractivity (Wildman–Crippen MR) is 261 cm³/mol. The van der Waals surface area contributed by atoms with Crippen LogP contribution < -0.4 is 0 Å².